The number of hydrogen-bond acceptors (Lipinski definition) is 16. The molecule has 1 spiro atoms. The third-order valence-corrected chi connectivity index (χ3v) is 10.9. The minimum absolute atomic E-state index is 0.00720. The summed E-state index contributed by atoms with van der Waals surface area (Å²) in [6.45, 7) is 10.4. The van der Waals surface area contributed by atoms with E-state index in [2.05, 4.69) is 6.58 Å². The van der Waals surface area contributed by atoms with E-state index >= 15 is 0 Å². The van der Waals surface area contributed by atoms with E-state index in [0.717, 1.165) is 16.7 Å². The molecule has 294 valence electrons. The number of methoxy groups -OCH3 is 2. The van der Waals surface area contributed by atoms with Gasteiger partial charge in [0.15, 0.2) is 41.4 Å². The van der Waals surface area contributed by atoms with Gasteiger partial charge in [-0.1, -0.05) is 6.58 Å². The van der Waals surface area contributed by atoms with Crippen LogP contribution in [0.3, 0.4) is 0 Å². The topological polar surface area (TPSA) is 178 Å². The van der Waals surface area contributed by atoms with Crippen LogP contribution in [0, 0.1) is 11.8 Å². The summed E-state index contributed by atoms with van der Waals surface area (Å²) in [7, 11) is 2.92. The van der Waals surface area contributed by atoms with Crippen LogP contribution in [0.5, 0.6) is 28.7 Å². The maximum absolute atomic E-state index is 12.9. The summed E-state index contributed by atoms with van der Waals surface area (Å²) in [4.78, 5) is 12.9. The number of aliphatic hydroxyl groups is 2. The van der Waals surface area contributed by atoms with Gasteiger partial charge in [-0.05, 0) is 61.7 Å². The normalized spacial score (nSPS) is 34.9. The molecule has 0 aromatic heterocycles. The van der Waals surface area contributed by atoms with E-state index in [-0.39, 0.29) is 62.3 Å². The zero-order chi connectivity index (χ0) is 37.9. The first-order chi connectivity index (χ1) is 25.9. The fraction of sp³-hybridized carbons (Fsp3) is 0.605. The molecule has 16 nitrogen and oxygen atoms in total. The Labute approximate surface area is 311 Å². The summed E-state index contributed by atoms with van der Waals surface area (Å²) in [5.41, 5.74) is 1.15. The zero-order valence-electron chi connectivity index (χ0n) is 30.8. The molecular weight excluding hydrogens is 712 g/mol. The third-order valence-electron chi connectivity index (χ3n) is 10.9. The van der Waals surface area contributed by atoms with E-state index in [0.29, 0.717) is 30.3 Å². The second-order valence-corrected chi connectivity index (χ2v) is 14.7. The number of allylic oxidation sites excluding steroid dienone is 1. The van der Waals surface area contributed by atoms with Gasteiger partial charge in [0.2, 0.25) is 12.5 Å². The fourth-order valence-corrected chi connectivity index (χ4v) is 8.40. The van der Waals surface area contributed by atoms with Crippen LogP contribution in [0.1, 0.15) is 55.9 Å². The van der Waals surface area contributed by atoms with Crippen molar-refractivity contribution in [1.29, 1.82) is 0 Å². The molecule has 5 heterocycles. The van der Waals surface area contributed by atoms with Gasteiger partial charge in [-0.2, -0.15) is 0 Å². The average Bonchev–Trinajstić information content (AvgIpc) is 3.87. The molecule has 4 fully saturated rings. The van der Waals surface area contributed by atoms with Crippen molar-refractivity contribution in [2.45, 2.75) is 81.5 Å². The summed E-state index contributed by atoms with van der Waals surface area (Å²) in [6.07, 6.45) is -6.24. The van der Waals surface area contributed by atoms with Crippen molar-refractivity contribution >= 4 is 6.16 Å². The Morgan fingerprint density at radius 3 is 2.35 bits per heavy atom. The van der Waals surface area contributed by atoms with Gasteiger partial charge in [0.1, 0.15) is 30.5 Å². The molecular formula is C38H46O16. The van der Waals surface area contributed by atoms with Crippen LogP contribution < -0.4 is 23.7 Å². The number of benzene rings is 2. The predicted molar refractivity (Wildman–Crippen MR) is 182 cm³/mol. The van der Waals surface area contributed by atoms with E-state index in [1.165, 1.54) is 14.2 Å². The SMILES string of the molecule is C=C1OCC2C(OC3OCC4(CCOC(C)O4)C(O)C3O)c3cc4c(cc3[C@@H](c3cc(OC)c(OC(=O)OCC5COC(C)(C)O5)c(OC)c3)[C@@H]12)OCO4. The zero-order valence-corrected chi connectivity index (χ0v) is 30.8. The highest BCUT2D eigenvalue weighted by molar-refractivity contribution is 5.69. The van der Waals surface area contributed by atoms with Crippen molar-refractivity contribution in [3.8, 4) is 28.7 Å². The molecule has 0 saturated carbocycles. The van der Waals surface area contributed by atoms with Crippen LogP contribution in [-0.2, 0) is 37.9 Å². The lowest BCUT2D eigenvalue weighted by molar-refractivity contribution is -0.361. The highest BCUT2D eigenvalue weighted by Crippen LogP contribution is 2.59. The van der Waals surface area contributed by atoms with Crippen molar-refractivity contribution in [3.05, 3.63) is 53.3 Å². The van der Waals surface area contributed by atoms with Crippen molar-refractivity contribution in [2.75, 3.05) is 54.0 Å². The van der Waals surface area contributed by atoms with Crippen molar-refractivity contribution in [2.24, 2.45) is 11.8 Å². The van der Waals surface area contributed by atoms with E-state index in [1.807, 2.05) is 12.1 Å². The Morgan fingerprint density at radius 2 is 1.69 bits per heavy atom. The fourth-order valence-electron chi connectivity index (χ4n) is 8.40. The van der Waals surface area contributed by atoms with Gasteiger partial charge in [-0.25, -0.2) is 4.79 Å². The Balaban J connectivity index is 1.11. The molecule has 16 heteroatoms. The molecule has 2 aromatic rings. The van der Waals surface area contributed by atoms with Gasteiger partial charge in [-0.15, -0.1) is 0 Å². The minimum Gasteiger partial charge on any atom is -0.498 e. The number of aliphatic hydroxyl groups excluding tert-OH is 2. The van der Waals surface area contributed by atoms with Crippen LogP contribution >= 0.6 is 0 Å². The molecule has 8 rings (SSSR count). The maximum Gasteiger partial charge on any atom is 0.514 e. The smallest absolute Gasteiger partial charge is 0.498 e. The molecule has 8 unspecified atom stereocenters. The van der Waals surface area contributed by atoms with E-state index in [4.69, 9.17) is 61.6 Å². The van der Waals surface area contributed by atoms with E-state index in [9.17, 15) is 15.0 Å². The summed E-state index contributed by atoms with van der Waals surface area (Å²) in [5.74, 6) is 0.196. The van der Waals surface area contributed by atoms with E-state index < -0.39 is 60.5 Å². The van der Waals surface area contributed by atoms with Crippen LogP contribution in [0.25, 0.3) is 0 Å². The lowest BCUT2D eigenvalue weighted by atomic mass is 9.65. The Bertz CT molecular complexity index is 1740. The highest BCUT2D eigenvalue weighted by Gasteiger charge is 2.56. The number of hydrogen-bond donors (Lipinski definition) is 2. The van der Waals surface area contributed by atoms with E-state index in [1.54, 1.807) is 32.9 Å². The average molecular weight is 759 g/mol. The standard InChI is InChI=1S/C38H46O16/c1-18-29-24(15-45-18)32(51-35-31(39)34(40)38(16-47-35)7-8-44-19(2)53-38)23-12-26-25(48-17-49-26)11-22(23)30(29)20-9-27(42-5)33(28(10-20)43-6)52-36(41)46-13-21-14-50-37(3,4)54-21/h9-12,19,21,24,29-32,34-35,39-40H,1,7-8,13-17H2,2-6H3/t19?,21?,24?,29-,30+,31?,32?,34?,35?,38?/m0/s1. The second kappa shape index (κ2) is 14.3. The highest BCUT2D eigenvalue weighted by atomic mass is 16.8. The first-order valence-corrected chi connectivity index (χ1v) is 18.0. The van der Waals surface area contributed by atoms with Gasteiger partial charge in [-0.3, -0.25) is 0 Å². The Kier molecular flexibility index (Phi) is 9.84. The molecule has 2 aromatic carbocycles. The number of rotatable bonds is 8. The molecule has 54 heavy (non-hydrogen) atoms. The number of ether oxygens (including phenoxy) is 13. The van der Waals surface area contributed by atoms with Gasteiger partial charge in [0, 0.05) is 24.2 Å². The van der Waals surface area contributed by atoms with Crippen LogP contribution in [0.15, 0.2) is 36.6 Å². The summed E-state index contributed by atoms with van der Waals surface area (Å²) >= 11 is 0. The minimum atomic E-state index is -1.43. The molecule has 2 N–H and O–H groups in total. The first kappa shape index (κ1) is 37.1. The van der Waals surface area contributed by atoms with Crippen molar-refractivity contribution in [3.63, 3.8) is 0 Å². The summed E-state index contributed by atoms with van der Waals surface area (Å²) in [5, 5.41) is 22.8. The molecule has 0 amide bonds. The Hall–Kier alpha value is -3.87. The van der Waals surface area contributed by atoms with Gasteiger partial charge >= 0.3 is 6.16 Å². The summed E-state index contributed by atoms with van der Waals surface area (Å²) < 4.78 is 75.8. The molecule has 4 saturated heterocycles. The van der Waals surface area contributed by atoms with Crippen LogP contribution in [0.2, 0.25) is 0 Å². The molecule has 5 aliphatic heterocycles. The lowest BCUT2D eigenvalue weighted by Gasteiger charge is -2.50. The quantitative estimate of drug-likeness (QED) is 0.294. The second-order valence-electron chi connectivity index (χ2n) is 14.7. The first-order valence-electron chi connectivity index (χ1n) is 18.0. The Morgan fingerprint density at radius 1 is 0.963 bits per heavy atom. The van der Waals surface area contributed by atoms with Crippen LogP contribution in [0.4, 0.5) is 4.79 Å². The number of fused-ring (bicyclic) bond motifs is 3. The molecule has 1 aliphatic carbocycles. The largest absolute Gasteiger partial charge is 0.514 e. The molecule has 0 radical (unpaired) electrons. The van der Waals surface area contributed by atoms with Gasteiger partial charge in [0.05, 0.1) is 52.5 Å². The summed E-state index contributed by atoms with van der Waals surface area (Å²) in [6, 6.07) is 7.30. The van der Waals surface area contributed by atoms with Gasteiger partial charge in [0.25, 0.3) is 0 Å². The molecule has 10 atom stereocenters. The third kappa shape index (κ3) is 6.61. The number of carbonyl (C=O) groups is 1. The van der Waals surface area contributed by atoms with Crippen molar-refractivity contribution < 1.29 is 76.6 Å². The lowest BCUT2D eigenvalue weighted by Crippen LogP contribution is -2.65. The van der Waals surface area contributed by atoms with Crippen LogP contribution in [-0.4, -0.2) is 113 Å². The van der Waals surface area contributed by atoms with Crippen molar-refractivity contribution in [1.82, 2.24) is 0 Å². The molecule has 0 bridgehead atoms. The monoisotopic (exact) mass is 758 g/mol. The predicted octanol–water partition coefficient (Wildman–Crippen LogP) is 3.68. The maximum atomic E-state index is 12.9. The molecule has 6 aliphatic rings. The van der Waals surface area contributed by atoms with Gasteiger partial charge < -0.3 is 71.8 Å². The number of carbonyl (C=O) groups excluding carboxylic acids is 1.